The lowest BCUT2D eigenvalue weighted by Crippen LogP contribution is -2.13. The van der Waals surface area contributed by atoms with Gasteiger partial charge in [-0.2, -0.15) is 8.78 Å². The molecule has 0 aliphatic heterocycles. The second-order valence-corrected chi connectivity index (χ2v) is 27.1. The molecule has 0 heterocycles. The van der Waals surface area contributed by atoms with Crippen molar-refractivity contribution in [2.75, 3.05) is 13.2 Å². The van der Waals surface area contributed by atoms with Gasteiger partial charge in [0.25, 0.3) is 0 Å². The maximum Gasteiger partial charge on any atom is 0.201 e. The summed E-state index contributed by atoms with van der Waals surface area (Å²) in [6.07, 6.45) is 21.2. The van der Waals surface area contributed by atoms with Crippen LogP contribution in [0.5, 0.6) is 11.5 Å². The van der Waals surface area contributed by atoms with Gasteiger partial charge in [-0.1, -0.05) is 244 Å². The highest BCUT2D eigenvalue weighted by atomic mass is 19.2. The van der Waals surface area contributed by atoms with Crippen LogP contribution in [-0.4, -0.2) is 13.2 Å². The summed E-state index contributed by atoms with van der Waals surface area (Å²) in [7, 11) is 0. The number of benzene rings is 10. The zero-order valence-electron chi connectivity index (χ0n) is 60.8. The fourth-order valence-electron chi connectivity index (χ4n) is 14.2. The van der Waals surface area contributed by atoms with Gasteiger partial charge in [0.15, 0.2) is 46.4 Å². The van der Waals surface area contributed by atoms with Crippen LogP contribution in [0.3, 0.4) is 0 Å². The van der Waals surface area contributed by atoms with Crippen molar-refractivity contribution in [2.24, 2.45) is 11.8 Å². The molecular formula is C92H100F8O2. The Kier molecular flexibility index (Phi) is 29.2. The number of rotatable bonds is 22. The van der Waals surface area contributed by atoms with Gasteiger partial charge in [0.05, 0.1) is 13.2 Å². The molecule has 0 N–H and O–H groups in total. The van der Waals surface area contributed by atoms with Gasteiger partial charge in [0.1, 0.15) is 0 Å². The fourth-order valence-corrected chi connectivity index (χ4v) is 14.2. The Labute approximate surface area is 601 Å². The minimum absolute atomic E-state index is 0.0331. The molecule has 0 atom stereocenters. The number of hydrogen-bond acceptors (Lipinski definition) is 2. The zero-order valence-corrected chi connectivity index (χ0v) is 60.8. The monoisotopic (exact) mass is 1390 g/mol. The van der Waals surface area contributed by atoms with Crippen molar-refractivity contribution in [3.8, 4) is 78.3 Å². The first-order chi connectivity index (χ1) is 49.5. The molecular weight excluding hydrogens is 1290 g/mol. The Morgan fingerprint density at radius 1 is 0.275 bits per heavy atom. The molecule has 10 aromatic rings. The number of hydrogen-bond donors (Lipinski definition) is 0. The average molecular weight is 1390 g/mol. The van der Waals surface area contributed by atoms with E-state index in [0.717, 1.165) is 56.8 Å². The smallest absolute Gasteiger partial charge is 0.201 e. The van der Waals surface area contributed by atoms with Crippen LogP contribution in [0.15, 0.2) is 194 Å². The molecule has 2 aliphatic rings. The first-order valence-electron chi connectivity index (χ1n) is 37.3. The largest absolute Gasteiger partial charge is 0.491 e. The first kappa shape index (κ1) is 77.4. The van der Waals surface area contributed by atoms with Gasteiger partial charge in [0, 0.05) is 33.4 Å². The van der Waals surface area contributed by atoms with E-state index in [1.807, 2.05) is 121 Å². The molecule has 12 rings (SSSR count). The van der Waals surface area contributed by atoms with Gasteiger partial charge < -0.3 is 9.47 Å². The third kappa shape index (κ3) is 19.9. The molecule has 0 aromatic heterocycles. The second kappa shape index (κ2) is 38.5. The Bertz CT molecular complexity index is 4230. The van der Waals surface area contributed by atoms with Crippen molar-refractivity contribution < 1.29 is 44.6 Å². The minimum atomic E-state index is -0.915. The number of unbranched alkanes of at least 4 members (excludes halogenated alkanes) is 1. The zero-order chi connectivity index (χ0) is 72.7. The van der Waals surface area contributed by atoms with Gasteiger partial charge in [-0.15, -0.1) is 0 Å². The number of aryl methyl sites for hydroxylation is 4. The van der Waals surface area contributed by atoms with Crippen molar-refractivity contribution in [3.05, 3.63) is 274 Å². The molecule has 102 heavy (non-hydrogen) atoms. The lowest BCUT2D eigenvalue weighted by molar-refractivity contribution is 0.308. The van der Waals surface area contributed by atoms with Crippen LogP contribution in [0.2, 0.25) is 0 Å². The summed E-state index contributed by atoms with van der Waals surface area (Å²) in [4.78, 5) is 0. The summed E-state index contributed by atoms with van der Waals surface area (Å²) in [6, 6.07) is 59.4. The van der Waals surface area contributed by atoms with E-state index in [9.17, 15) is 35.1 Å². The predicted octanol–water partition coefficient (Wildman–Crippen LogP) is 27.8. The normalized spacial score (nSPS) is 15.6. The topological polar surface area (TPSA) is 18.5 Å². The van der Waals surface area contributed by atoms with Gasteiger partial charge in [-0.3, -0.25) is 0 Å². The van der Waals surface area contributed by atoms with Gasteiger partial charge in [0.2, 0.25) is 11.6 Å². The number of ether oxygens (including phenoxy) is 2. The van der Waals surface area contributed by atoms with Crippen LogP contribution < -0.4 is 9.47 Å². The van der Waals surface area contributed by atoms with Crippen LogP contribution >= 0.6 is 0 Å². The Morgan fingerprint density at radius 3 is 0.843 bits per heavy atom. The highest BCUT2D eigenvalue weighted by Crippen LogP contribution is 2.42. The van der Waals surface area contributed by atoms with Crippen LogP contribution in [0.4, 0.5) is 35.1 Å². The van der Waals surface area contributed by atoms with Crippen molar-refractivity contribution in [3.63, 3.8) is 0 Å². The molecule has 2 fully saturated rings. The Balaban J connectivity index is 0.000000158. The molecule has 0 bridgehead atoms. The van der Waals surface area contributed by atoms with Gasteiger partial charge in [-0.05, 0) is 212 Å². The molecule has 0 unspecified atom stereocenters. The van der Waals surface area contributed by atoms with E-state index in [1.54, 1.807) is 50.2 Å². The maximum atomic E-state index is 14.7. The fraction of sp³-hybridized carbons (Fsp3) is 0.348. The van der Waals surface area contributed by atoms with Gasteiger partial charge in [-0.25, -0.2) is 26.3 Å². The standard InChI is InChI=1S/C24H24F2.C23H28F2O.C23H22F2.C22H26F2O/c1-3-5-6-18-9-13-20(14-10-18)22-16-15-21(23(25)24(22)26)19-11-7-17(4-2)8-12-19;1-3-5-16-6-8-17(9-7-16)18-10-12-19(13-11-18)20-14-15-21(26-4-2)23(25)22(20)24;1-3-5-17-8-12-19(13-9-17)21-15-14-20(22(24)23(21)25)18-10-6-16(4-2)7-11-18;1-3-15-5-7-16(8-6-15)17-9-11-18(12-10-17)19-13-14-20(25-4-2)22(24)21(19)23/h7-16H,3-6H2,1-2H3;10-17H,3-9H2,1-2H3;6-15H,3-5H2,1-2H3;9-16H,3-8H2,1-2H3. The van der Waals surface area contributed by atoms with Crippen LogP contribution in [0.25, 0.3) is 66.8 Å². The summed E-state index contributed by atoms with van der Waals surface area (Å²) in [5.74, 6) is -3.80. The molecule has 2 nitrogen and oxygen atoms in total. The van der Waals surface area contributed by atoms with E-state index in [1.165, 1.54) is 116 Å². The van der Waals surface area contributed by atoms with Crippen molar-refractivity contribution >= 4 is 0 Å². The van der Waals surface area contributed by atoms with Crippen LogP contribution in [0, 0.1) is 58.4 Å². The van der Waals surface area contributed by atoms with Crippen molar-refractivity contribution in [1.82, 2.24) is 0 Å². The molecule has 0 spiro atoms. The third-order valence-electron chi connectivity index (χ3n) is 20.4. The molecule has 0 radical (unpaired) electrons. The lowest BCUT2D eigenvalue weighted by Gasteiger charge is -2.28. The van der Waals surface area contributed by atoms with E-state index in [-0.39, 0.29) is 22.6 Å². The highest BCUT2D eigenvalue weighted by molar-refractivity contribution is 5.74. The molecule has 0 saturated heterocycles. The van der Waals surface area contributed by atoms with E-state index < -0.39 is 46.5 Å². The molecule has 10 aromatic carbocycles. The summed E-state index contributed by atoms with van der Waals surface area (Å²) < 4.78 is 126. The highest BCUT2D eigenvalue weighted by Gasteiger charge is 2.25. The molecule has 2 saturated carbocycles. The summed E-state index contributed by atoms with van der Waals surface area (Å²) in [5, 5.41) is 0. The van der Waals surface area contributed by atoms with Crippen LogP contribution in [-0.2, 0) is 25.7 Å². The van der Waals surface area contributed by atoms with Crippen LogP contribution in [0.1, 0.15) is 190 Å². The molecule has 0 amide bonds. The van der Waals surface area contributed by atoms with E-state index in [0.29, 0.717) is 80.7 Å². The molecule has 2 aliphatic carbocycles. The average Bonchev–Trinajstić information content (AvgIpc) is 0.814. The van der Waals surface area contributed by atoms with E-state index in [4.69, 9.17) is 9.47 Å². The first-order valence-corrected chi connectivity index (χ1v) is 37.3. The van der Waals surface area contributed by atoms with Crippen molar-refractivity contribution in [2.45, 2.75) is 183 Å². The molecule has 10 heteroatoms. The molecule has 536 valence electrons. The predicted molar refractivity (Wildman–Crippen MR) is 406 cm³/mol. The second-order valence-electron chi connectivity index (χ2n) is 27.1. The van der Waals surface area contributed by atoms with Crippen molar-refractivity contribution in [1.29, 1.82) is 0 Å². The maximum absolute atomic E-state index is 14.7. The lowest BCUT2D eigenvalue weighted by atomic mass is 9.77. The minimum Gasteiger partial charge on any atom is -0.491 e. The van der Waals surface area contributed by atoms with Gasteiger partial charge >= 0.3 is 0 Å². The Hall–Kier alpha value is -8.76. The number of halogens is 8. The third-order valence-corrected chi connectivity index (χ3v) is 20.4. The Morgan fingerprint density at radius 2 is 0.559 bits per heavy atom. The summed E-state index contributed by atoms with van der Waals surface area (Å²) >= 11 is 0. The van der Waals surface area contributed by atoms with E-state index in [2.05, 4.69) is 65.8 Å². The van der Waals surface area contributed by atoms with E-state index >= 15 is 0 Å². The summed E-state index contributed by atoms with van der Waals surface area (Å²) in [6.45, 7) is 17.1. The summed E-state index contributed by atoms with van der Waals surface area (Å²) in [5.41, 5.74) is 13.4. The quantitative estimate of drug-likeness (QED) is 0.0630. The SMILES string of the molecule is CCCC1CCC(c2ccc(-c3ccc(OCC)c(F)c3F)cc2)CC1.CCCCc1ccc(-c2ccc(-c3ccc(CC)cc3)c(F)c2F)cc1.CCCc1ccc(-c2ccc(-c3ccc(CC)cc3)c(F)c2F)cc1.CCOc1ccc(-c2ccc(C3CCC(CC)CC3)cc2)c(F)c1F.